The molecule has 0 aromatic carbocycles. The molecular weight excluding hydrogens is 504 g/mol. The van der Waals surface area contributed by atoms with Crippen molar-refractivity contribution in [2.24, 2.45) is 4.99 Å². The molecule has 162 valence electrons. The van der Waals surface area contributed by atoms with Gasteiger partial charge in [0, 0.05) is 50.7 Å². The van der Waals surface area contributed by atoms with Gasteiger partial charge in [0.2, 0.25) is 0 Å². The Bertz CT molecular complexity index is 602. The third kappa shape index (κ3) is 7.99. The molecule has 1 aliphatic rings. The molecule has 0 saturated carbocycles. The number of likely N-dealkylation sites (N-methyl/N-ethyl adjacent to an activating group) is 1. The Labute approximate surface area is 186 Å². The van der Waals surface area contributed by atoms with Crippen molar-refractivity contribution < 1.29 is 13.2 Å². The minimum atomic E-state index is -4.40. The fourth-order valence-electron chi connectivity index (χ4n) is 2.90. The molecule has 0 radical (unpaired) electrons. The second-order valence-corrected chi connectivity index (χ2v) is 7.46. The number of nitrogens with one attached hydrogen (secondary N) is 2. The van der Waals surface area contributed by atoms with E-state index in [4.69, 9.17) is 0 Å². The zero-order valence-corrected chi connectivity index (χ0v) is 19.7. The minimum Gasteiger partial charge on any atom is -0.357 e. The first-order chi connectivity index (χ1) is 12.8. The Morgan fingerprint density at radius 1 is 1.25 bits per heavy atom. The summed E-state index contributed by atoms with van der Waals surface area (Å²) in [6.07, 6.45) is -4.40. The van der Waals surface area contributed by atoms with Crippen molar-refractivity contribution in [2.45, 2.75) is 39.5 Å². The average molecular weight is 534 g/mol. The molecule has 1 saturated heterocycles. The smallest absolute Gasteiger partial charge is 0.357 e. The van der Waals surface area contributed by atoms with Crippen LogP contribution in [0.4, 0.5) is 13.2 Å². The van der Waals surface area contributed by atoms with Gasteiger partial charge in [-0.25, -0.2) is 9.98 Å². The zero-order valence-electron chi connectivity index (χ0n) is 16.6. The summed E-state index contributed by atoms with van der Waals surface area (Å²) < 4.78 is 37.9. The summed E-state index contributed by atoms with van der Waals surface area (Å²) in [5, 5.41) is 7.80. The number of thiazole rings is 1. The van der Waals surface area contributed by atoms with Gasteiger partial charge in [-0.05, 0) is 20.4 Å². The summed E-state index contributed by atoms with van der Waals surface area (Å²) in [6, 6.07) is 0.351. The van der Waals surface area contributed by atoms with Crippen molar-refractivity contribution in [3.8, 4) is 0 Å². The number of rotatable bonds is 7. The van der Waals surface area contributed by atoms with E-state index in [0.717, 1.165) is 56.0 Å². The van der Waals surface area contributed by atoms with E-state index in [1.807, 2.05) is 6.92 Å². The van der Waals surface area contributed by atoms with Gasteiger partial charge in [-0.2, -0.15) is 13.2 Å². The van der Waals surface area contributed by atoms with Crippen LogP contribution in [-0.2, 0) is 12.7 Å². The maximum absolute atomic E-state index is 12.6. The highest BCUT2D eigenvalue weighted by atomic mass is 127. The molecular formula is C17H30F3IN6S. The van der Waals surface area contributed by atoms with Crippen LogP contribution >= 0.6 is 35.3 Å². The summed E-state index contributed by atoms with van der Waals surface area (Å²) in [6.45, 7) is 13.2. The van der Waals surface area contributed by atoms with Gasteiger partial charge in [0.05, 0.1) is 6.54 Å². The van der Waals surface area contributed by atoms with Crippen molar-refractivity contribution in [1.29, 1.82) is 0 Å². The predicted octanol–water partition coefficient (Wildman–Crippen LogP) is 2.86. The number of guanidine groups is 1. The lowest BCUT2D eigenvalue weighted by Gasteiger charge is -2.37. The molecule has 1 aliphatic heterocycles. The molecule has 0 amide bonds. The first kappa shape index (κ1) is 25.4. The van der Waals surface area contributed by atoms with Crippen LogP contribution in [-0.4, -0.2) is 72.6 Å². The van der Waals surface area contributed by atoms with Crippen LogP contribution < -0.4 is 10.6 Å². The number of aromatic nitrogens is 1. The van der Waals surface area contributed by atoms with E-state index >= 15 is 0 Å². The van der Waals surface area contributed by atoms with E-state index in [-0.39, 0.29) is 30.5 Å². The highest BCUT2D eigenvalue weighted by Crippen LogP contribution is 2.30. The lowest BCUT2D eigenvalue weighted by Crippen LogP contribution is -2.53. The predicted molar refractivity (Wildman–Crippen MR) is 118 cm³/mol. The normalized spacial score (nSPS) is 17.9. The Hall–Kier alpha value is -0.660. The topological polar surface area (TPSA) is 55.8 Å². The Morgan fingerprint density at radius 2 is 1.93 bits per heavy atom. The molecule has 2 rings (SSSR count). The number of piperazine rings is 1. The molecule has 1 atom stereocenters. The molecule has 6 nitrogen and oxygen atoms in total. The number of aliphatic imine (C=N–C) groups is 1. The number of hydrogen-bond donors (Lipinski definition) is 2. The van der Waals surface area contributed by atoms with Gasteiger partial charge in [0.1, 0.15) is 5.01 Å². The molecule has 28 heavy (non-hydrogen) atoms. The molecule has 2 heterocycles. The number of halogens is 4. The largest absolute Gasteiger partial charge is 0.434 e. The summed E-state index contributed by atoms with van der Waals surface area (Å²) in [7, 11) is 0. The minimum absolute atomic E-state index is 0. The molecule has 0 bridgehead atoms. The van der Waals surface area contributed by atoms with Crippen LogP contribution in [0.3, 0.4) is 0 Å². The molecule has 11 heteroatoms. The van der Waals surface area contributed by atoms with Crippen LogP contribution in [0.5, 0.6) is 0 Å². The lowest BCUT2D eigenvalue weighted by molar-refractivity contribution is -0.140. The van der Waals surface area contributed by atoms with Crippen molar-refractivity contribution in [2.75, 3.05) is 45.8 Å². The van der Waals surface area contributed by atoms with E-state index in [1.54, 1.807) is 0 Å². The molecule has 0 spiro atoms. The Morgan fingerprint density at radius 3 is 2.46 bits per heavy atom. The number of nitrogens with zero attached hydrogens (tertiary/aromatic N) is 4. The molecule has 1 aromatic heterocycles. The fraction of sp³-hybridized carbons (Fsp3) is 0.765. The van der Waals surface area contributed by atoms with Gasteiger partial charge in [-0.1, -0.05) is 6.92 Å². The lowest BCUT2D eigenvalue weighted by atomic mass is 10.2. The van der Waals surface area contributed by atoms with Gasteiger partial charge in [-0.3, -0.25) is 4.90 Å². The zero-order chi connectivity index (χ0) is 19.9. The third-order valence-electron chi connectivity index (χ3n) is 4.60. The van der Waals surface area contributed by atoms with E-state index < -0.39 is 11.9 Å². The van der Waals surface area contributed by atoms with Crippen molar-refractivity contribution in [1.82, 2.24) is 25.4 Å². The van der Waals surface area contributed by atoms with Gasteiger partial charge in [-0.15, -0.1) is 35.3 Å². The van der Waals surface area contributed by atoms with Crippen LogP contribution in [0.1, 0.15) is 31.5 Å². The van der Waals surface area contributed by atoms with Crippen molar-refractivity contribution in [3.63, 3.8) is 0 Å². The molecule has 1 unspecified atom stereocenters. The summed E-state index contributed by atoms with van der Waals surface area (Å²) in [5.74, 6) is 0.598. The van der Waals surface area contributed by atoms with Gasteiger partial charge in [0.15, 0.2) is 11.7 Å². The second kappa shape index (κ2) is 12.1. The van der Waals surface area contributed by atoms with Crippen LogP contribution in [0.25, 0.3) is 0 Å². The van der Waals surface area contributed by atoms with E-state index in [1.165, 1.54) is 0 Å². The highest BCUT2D eigenvalue weighted by Gasteiger charge is 2.33. The van der Waals surface area contributed by atoms with E-state index in [2.05, 4.69) is 44.3 Å². The summed E-state index contributed by atoms with van der Waals surface area (Å²) in [4.78, 5) is 12.9. The molecule has 1 fully saturated rings. The first-order valence-electron chi connectivity index (χ1n) is 9.33. The molecule has 0 aliphatic carbocycles. The first-order valence-corrected chi connectivity index (χ1v) is 10.2. The Balaban J connectivity index is 0.00000392. The van der Waals surface area contributed by atoms with Crippen LogP contribution in [0.2, 0.25) is 0 Å². The van der Waals surface area contributed by atoms with Gasteiger partial charge < -0.3 is 15.5 Å². The van der Waals surface area contributed by atoms with Gasteiger partial charge >= 0.3 is 6.18 Å². The monoisotopic (exact) mass is 534 g/mol. The number of alkyl halides is 3. The SMILES string of the molecule is CCNC(=NCc1nc(C(F)(F)F)cs1)NCC(C)N1CCN(CC)CC1.I. The third-order valence-corrected chi connectivity index (χ3v) is 5.43. The van der Waals surface area contributed by atoms with E-state index in [0.29, 0.717) is 23.6 Å². The Kier molecular flexibility index (Phi) is 11.0. The highest BCUT2D eigenvalue weighted by molar-refractivity contribution is 14.0. The summed E-state index contributed by atoms with van der Waals surface area (Å²) >= 11 is 0.979. The molecule has 2 N–H and O–H groups in total. The quantitative estimate of drug-likeness (QED) is 0.320. The summed E-state index contributed by atoms with van der Waals surface area (Å²) in [5.41, 5.74) is -0.851. The number of hydrogen-bond acceptors (Lipinski definition) is 5. The maximum Gasteiger partial charge on any atom is 0.434 e. The average Bonchev–Trinajstić information content (AvgIpc) is 3.13. The van der Waals surface area contributed by atoms with Crippen LogP contribution in [0, 0.1) is 0 Å². The second-order valence-electron chi connectivity index (χ2n) is 6.52. The van der Waals surface area contributed by atoms with E-state index in [9.17, 15) is 13.2 Å². The fourth-order valence-corrected chi connectivity index (χ4v) is 3.62. The standard InChI is InChI=1S/C17H29F3N6S.HI/c1-4-21-16(23-11-15-24-14(12-27-15)17(18,19)20)22-10-13(3)26-8-6-25(5-2)7-9-26;/h12-13H,4-11H2,1-3H3,(H2,21,22,23);1H. The van der Waals surface area contributed by atoms with Crippen molar-refractivity contribution >= 4 is 41.3 Å². The molecule has 1 aromatic rings. The van der Waals surface area contributed by atoms with Crippen molar-refractivity contribution in [3.05, 3.63) is 16.1 Å². The van der Waals surface area contributed by atoms with Gasteiger partial charge in [0.25, 0.3) is 0 Å². The van der Waals surface area contributed by atoms with Crippen LogP contribution in [0.15, 0.2) is 10.4 Å². The maximum atomic E-state index is 12.6.